The number of hydrogen-bond donors (Lipinski definition) is 2. The van der Waals surface area contributed by atoms with Crippen molar-refractivity contribution in [1.29, 1.82) is 0 Å². The number of H-pyrrole nitrogens is 1. The summed E-state index contributed by atoms with van der Waals surface area (Å²) >= 11 is 1.63. The van der Waals surface area contributed by atoms with Crippen molar-refractivity contribution in [1.82, 2.24) is 14.7 Å². The van der Waals surface area contributed by atoms with Crippen LogP contribution in [0, 0.1) is 0 Å². The molecule has 2 aromatic heterocycles. The summed E-state index contributed by atoms with van der Waals surface area (Å²) in [4.78, 5) is 7.55. The topological polar surface area (TPSA) is 49.9 Å². The van der Waals surface area contributed by atoms with Crippen LogP contribution in [0.4, 0.5) is 0 Å². The fourth-order valence-corrected chi connectivity index (χ4v) is 2.69. The van der Waals surface area contributed by atoms with Crippen LogP contribution in [0.15, 0.2) is 42.7 Å². The second kappa shape index (κ2) is 6.20. The molecule has 0 unspecified atom stereocenters. The minimum Gasteiger partial charge on any atom is -0.496 e. The molecule has 21 heavy (non-hydrogen) atoms. The van der Waals surface area contributed by atoms with Crippen LogP contribution in [0.1, 0.15) is 5.56 Å². The van der Waals surface area contributed by atoms with Gasteiger partial charge in [-0.25, -0.2) is 4.98 Å². The monoisotopic (exact) mass is 299 g/mol. The van der Waals surface area contributed by atoms with E-state index in [0.29, 0.717) is 0 Å². The average Bonchev–Trinajstić information content (AvgIpc) is 2.97. The van der Waals surface area contributed by atoms with E-state index in [1.807, 2.05) is 18.5 Å². The zero-order chi connectivity index (χ0) is 14.7. The number of nitrogens with one attached hydrogen (secondary N) is 2. The summed E-state index contributed by atoms with van der Waals surface area (Å²) in [5.74, 6) is 0.837. The molecule has 0 spiro atoms. The van der Waals surface area contributed by atoms with Gasteiger partial charge in [0, 0.05) is 24.5 Å². The van der Waals surface area contributed by atoms with Gasteiger partial charge in [0.1, 0.15) is 11.4 Å². The quantitative estimate of drug-likeness (QED) is 0.707. The van der Waals surface area contributed by atoms with Crippen LogP contribution in [0.25, 0.3) is 22.2 Å². The van der Waals surface area contributed by atoms with Crippen LogP contribution in [0.2, 0.25) is 0 Å². The molecule has 0 aliphatic rings. The van der Waals surface area contributed by atoms with E-state index in [1.54, 1.807) is 25.3 Å². The third-order valence-electron chi connectivity index (χ3n) is 3.44. The third-order valence-corrected chi connectivity index (χ3v) is 3.87. The highest BCUT2D eigenvalue weighted by molar-refractivity contribution is 7.96. The van der Waals surface area contributed by atoms with Crippen molar-refractivity contribution in [2.45, 2.75) is 6.54 Å². The molecule has 2 N–H and O–H groups in total. The smallest absolute Gasteiger partial charge is 0.141 e. The first kappa shape index (κ1) is 14.0. The summed E-state index contributed by atoms with van der Waals surface area (Å²) in [5, 5.41) is 1.02. The van der Waals surface area contributed by atoms with E-state index in [4.69, 9.17) is 4.74 Å². The van der Waals surface area contributed by atoms with E-state index >= 15 is 0 Å². The lowest BCUT2D eigenvalue weighted by atomic mass is 10.0. The maximum atomic E-state index is 5.45. The fraction of sp³-hybridized carbons (Fsp3) is 0.188. The Morgan fingerprint density at radius 2 is 2.05 bits per heavy atom. The van der Waals surface area contributed by atoms with Gasteiger partial charge in [0.05, 0.1) is 12.5 Å². The minimum atomic E-state index is 0.837. The molecule has 0 fully saturated rings. The Balaban J connectivity index is 2.00. The fourth-order valence-electron chi connectivity index (χ4n) is 2.38. The molecule has 0 bridgehead atoms. The highest BCUT2D eigenvalue weighted by Gasteiger charge is 2.11. The molecular weight excluding hydrogens is 282 g/mol. The number of hydrogen-bond acceptors (Lipinski definition) is 4. The molecule has 0 aliphatic heterocycles. The lowest BCUT2D eigenvalue weighted by Crippen LogP contribution is -2.01. The molecule has 1 aromatic carbocycles. The summed E-state index contributed by atoms with van der Waals surface area (Å²) < 4.78 is 8.70. The normalized spacial score (nSPS) is 11.0. The predicted molar refractivity (Wildman–Crippen MR) is 88.4 cm³/mol. The Morgan fingerprint density at radius 3 is 2.76 bits per heavy atom. The number of nitrogens with zero attached hydrogens (tertiary/aromatic N) is 1. The Hall–Kier alpha value is -1.98. The second-order valence-corrected chi connectivity index (χ2v) is 5.36. The number of aromatic nitrogens is 2. The Morgan fingerprint density at radius 1 is 1.24 bits per heavy atom. The van der Waals surface area contributed by atoms with Crippen LogP contribution in [-0.2, 0) is 6.54 Å². The van der Waals surface area contributed by atoms with Crippen molar-refractivity contribution in [2.75, 3.05) is 13.4 Å². The molecule has 3 rings (SSSR count). The van der Waals surface area contributed by atoms with Gasteiger partial charge in [0.25, 0.3) is 0 Å². The molecule has 0 amide bonds. The largest absolute Gasteiger partial charge is 0.496 e. The second-order valence-electron chi connectivity index (χ2n) is 4.66. The zero-order valence-electron chi connectivity index (χ0n) is 12.0. The van der Waals surface area contributed by atoms with Gasteiger partial charge in [0.2, 0.25) is 0 Å². The molecule has 108 valence electrons. The molecule has 2 heterocycles. The maximum absolute atomic E-state index is 5.45. The van der Waals surface area contributed by atoms with E-state index in [9.17, 15) is 0 Å². The highest BCUT2D eigenvalue weighted by Crippen LogP contribution is 2.34. The van der Waals surface area contributed by atoms with Gasteiger partial charge in [-0.1, -0.05) is 36.2 Å². The van der Waals surface area contributed by atoms with E-state index in [-0.39, 0.29) is 0 Å². The van der Waals surface area contributed by atoms with E-state index in [0.717, 1.165) is 34.5 Å². The molecule has 5 heteroatoms. The predicted octanol–water partition coefficient (Wildman–Crippen LogP) is 3.61. The van der Waals surface area contributed by atoms with E-state index in [1.165, 1.54) is 5.56 Å². The van der Waals surface area contributed by atoms with Crippen molar-refractivity contribution < 1.29 is 4.74 Å². The van der Waals surface area contributed by atoms with Gasteiger partial charge < -0.3 is 9.72 Å². The van der Waals surface area contributed by atoms with E-state index < -0.39 is 0 Å². The highest BCUT2D eigenvalue weighted by atomic mass is 32.2. The Kier molecular flexibility index (Phi) is 4.13. The summed E-state index contributed by atoms with van der Waals surface area (Å²) in [6.45, 7) is 0.861. The lowest BCUT2D eigenvalue weighted by Gasteiger charge is -2.06. The van der Waals surface area contributed by atoms with Gasteiger partial charge >= 0.3 is 0 Å². The van der Waals surface area contributed by atoms with Crippen LogP contribution >= 0.6 is 11.9 Å². The third kappa shape index (κ3) is 2.75. The number of ether oxygens (including phenoxy) is 1. The molecule has 0 aliphatic carbocycles. The zero-order valence-corrected chi connectivity index (χ0v) is 12.8. The first-order valence-corrected chi connectivity index (χ1v) is 7.91. The molecule has 3 aromatic rings. The number of pyridine rings is 1. The minimum absolute atomic E-state index is 0.837. The molecule has 0 atom stereocenters. The van der Waals surface area contributed by atoms with Gasteiger partial charge in [-0.15, -0.1) is 0 Å². The van der Waals surface area contributed by atoms with Gasteiger partial charge in [-0.2, -0.15) is 0 Å². The first-order chi connectivity index (χ1) is 10.3. The van der Waals surface area contributed by atoms with Crippen LogP contribution in [0.5, 0.6) is 5.75 Å². The van der Waals surface area contributed by atoms with E-state index in [2.05, 4.69) is 39.0 Å². The lowest BCUT2D eigenvalue weighted by molar-refractivity contribution is 0.419. The number of benzene rings is 1. The Labute approximate surface area is 128 Å². The number of rotatable bonds is 5. The van der Waals surface area contributed by atoms with Crippen molar-refractivity contribution in [2.24, 2.45) is 0 Å². The van der Waals surface area contributed by atoms with Crippen molar-refractivity contribution in [3.63, 3.8) is 0 Å². The number of aromatic amines is 1. The molecule has 4 nitrogen and oxygen atoms in total. The number of fused-ring (bicyclic) bond motifs is 1. The van der Waals surface area contributed by atoms with Gasteiger partial charge in [-0.3, -0.25) is 4.72 Å². The van der Waals surface area contributed by atoms with Crippen molar-refractivity contribution in [3.05, 3.63) is 48.3 Å². The Bertz CT molecular complexity index is 737. The molecule has 0 saturated carbocycles. The van der Waals surface area contributed by atoms with Crippen LogP contribution < -0.4 is 9.46 Å². The van der Waals surface area contributed by atoms with Crippen molar-refractivity contribution in [3.8, 4) is 16.9 Å². The summed E-state index contributed by atoms with van der Waals surface area (Å²) in [7, 11) is 1.68. The first-order valence-electron chi connectivity index (χ1n) is 6.68. The van der Waals surface area contributed by atoms with Crippen LogP contribution in [0.3, 0.4) is 0 Å². The summed E-state index contributed by atoms with van der Waals surface area (Å²) in [6.07, 6.45) is 5.76. The SMILES string of the molecule is COc1ccnc2[nH]cc(-c3ccc(CNSC)cc3)c12. The maximum Gasteiger partial charge on any atom is 0.141 e. The summed E-state index contributed by atoms with van der Waals surface area (Å²) in [5.41, 5.74) is 4.37. The van der Waals surface area contributed by atoms with Gasteiger partial charge in [0.15, 0.2) is 0 Å². The summed E-state index contributed by atoms with van der Waals surface area (Å²) in [6, 6.07) is 10.4. The standard InChI is InChI=1S/C16H17N3OS/c1-20-14-7-8-17-16-15(14)13(10-18-16)12-5-3-11(4-6-12)9-19-21-2/h3-8,10,19H,9H2,1-2H3,(H,17,18). The van der Waals surface area contributed by atoms with Crippen LogP contribution in [-0.4, -0.2) is 23.3 Å². The number of methoxy groups -OCH3 is 1. The average molecular weight is 299 g/mol. The molecular formula is C16H17N3OS. The van der Waals surface area contributed by atoms with Crippen molar-refractivity contribution >= 4 is 23.0 Å². The molecule has 0 radical (unpaired) electrons. The van der Waals surface area contributed by atoms with Gasteiger partial charge in [-0.05, 0) is 23.4 Å². The molecule has 0 saturated heterocycles.